The van der Waals surface area contributed by atoms with Crippen molar-refractivity contribution in [2.24, 2.45) is 0 Å². The molecule has 0 amide bonds. The zero-order chi connectivity index (χ0) is 26.1. The van der Waals surface area contributed by atoms with Gasteiger partial charge in [0.15, 0.2) is 21.2 Å². The summed E-state index contributed by atoms with van der Waals surface area (Å²) < 4.78 is 41.2. The molecule has 8 heteroatoms. The van der Waals surface area contributed by atoms with Crippen molar-refractivity contribution in [2.45, 2.75) is 76.0 Å². The van der Waals surface area contributed by atoms with Crippen molar-refractivity contribution in [3.8, 4) is 5.75 Å². The van der Waals surface area contributed by atoms with E-state index in [0.29, 0.717) is 6.61 Å². The SMILES string of the molecule is CCCCCCCCCCCCOc1cc(S(C)(=O)=O)cc2c(=O)c3cc(C(=O)OC)ccc3oc12. The third-order valence-corrected chi connectivity index (χ3v) is 7.41. The average Bonchev–Trinajstić information content (AvgIpc) is 2.86. The standard InChI is InChI=1S/C28H36O7S/c1-4-5-6-7-8-9-10-11-12-13-16-34-25-19-21(36(3,31)32)18-23-26(29)22-17-20(28(30)33-2)14-15-24(22)35-27(23)25/h14-15,17-19H,4-13,16H2,1-3H3. The van der Waals surface area contributed by atoms with Gasteiger partial charge in [0.05, 0.1) is 34.9 Å². The summed E-state index contributed by atoms with van der Waals surface area (Å²) in [5.41, 5.74) is 0.230. The van der Waals surface area contributed by atoms with Gasteiger partial charge < -0.3 is 13.9 Å². The van der Waals surface area contributed by atoms with Crippen molar-refractivity contribution < 1.29 is 27.1 Å². The molecule has 0 bridgehead atoms. The molecule has 7 nitrogen and oxygen atoms in total. The Hall–Kier alpha value is -2.87. The van der Waals surface area contributed by atoms with Crippen molar-refractivity contribution in [1.82, 2.24) is 0 Å². The van der Waals surface area contributed by atoms with E-state index in [9.17, 15) is 18.0 Å². The molecule has 1 heterocycles. The highest BCUT2D eigenvalue weighted by Gasteiger charge is 2.19. The summed E-state index contributed by atoms with van der Waals surface area (Å²) in [5.74, 6) is -0.360. The Balaban J connectivity index is 1.76. The predicted molar refractivity (Wildman–Crippen MR) is 142 cm³/mol. The molecule has 0 saturated carbocycles. The van der Waals surface area contributed by atoms with Crippen LogP contribution in [0, 0.1) is 0 Å². The highest BCUT2D eigenvalue weighted by atomic mass is 32.2. The summed E-state index contributed by atoms with van der Waals surface area (Å²) in [6.45, 7) is 2.61. The number of hydrogen-bond acceptors (Lipinski definition) is 7. The van der Waals surface area contributed by atoms with E-state index >= 15 is 0 Å². The van der Waals surface area contributed by atoms with E-state index in [1.165, 1.54) is 82.4 Å². The van der Waals surface area contributed by atoms with Gasteiger partial charge in [0.1, 0.15) is 5.58 Å². The van der Waals surface area contributed by atoms with Gasteiger partial charge in [-0.2, -0.15) is 0 Å². The second-order valence-electron chi connectivity index (χ2n) is 9.23. The second-order valence-corrected chi connectivity index (χ2v) is 11.3. The van der Waals surface area contributed by atoms with Crippen LogP contribution in [0.2, 0.25) is 0 Å². The maximum atomic E-state index is 13.3. The first-order valence-electron chi connectivity index (χ1n) is 12.7. The van der Waals surface area contributed by atoms with Crippen LogP contribution in [0.15, 0.2) is 44.4 Å². The van der Waals surface area contributed by atoms with E-state index in [2.05, 4.69) is 6.92 Å². The number of methoxy groups -OCH3 is 1. The molecule has 3 rings (SSSR count). The number of unbranched alkanes of at least 4 members (excludes halogenated alkanes) is 9. The Labute approximate surface area is 212 Å². The maximum absolute atomic E-state index is 13.3. The Bertz CT molecular complexity index is 1360. The van der Waals surface area contributed by atoms with E-state index in [4.69, 9.17) is 13.9 Å². The number of hydrogen-bond donors (Lipinski definition) is 0. The molecule has 0 unspecified atom stereocenters. The Morgan fingerprint density at radius 2 is 1.53 bits per heavy atom. The van der Waals surface area contributed by atoms with Crippen molar-refractivity contribution in [3.05, 3.63) is 46.1 Å². The van der Waals surface area contributed by atoms with Crippen molar-refractivity contribution >= 4 is 37.7 Å². The third-order valence-electron chi connectivity index (χ3n) is 6.31. The van der Waals surface area contributed by atoms with Crippen molar-refractivity contribution in [3.63, 3.8) is 0 Å². The van der Waals surface area contributed by atoms with Crippen LogP contribution in [0.4, 0.5) is 0 Å². The van der Waals surface area contributed by atoms with E-state index in [-0.39, 0.29) is 38.1 Å². The zero-order valence-electron chi connectivity index (χ0n) is 21.4. The third kappa shape index (κ3) is 7.09. The number of carbonyl (C=O) groups is 1. The molecule has 36 heavy (non-hydrogen) atoms. The number of rotatable bonds is 14. The van der Waals surface area contributed by atoms with Gasteiger partial charge in [-0.1, -0.05) is 64.7 Å². The molecule has 0 saturated heterocycles. The van der Waals surface area contributed by atoms with Crippen LogP contribution in [0.1, 0.15) is 81.5 Å². The minimum Gasteiger partial charge on any atom is -0.490 e. The first kappa shape index (κ1) is 27.7. The number of esters is 1. The van der Waals surface area contributed by atoms with Gasteiger partial charge in [0.25, 0.3) is 0 Å². The molecule has 0 aliphatic rings. The average molecular weight is 517 g/mol. The molecule has 0 fully saturated rings. The smallest absolute Gasteiger partial charge is 0.337 e. The van der Waals surface area contributed by atoms with Gasteiger partial charge in [-0.05, 0) is 30.7 Å². The number of sulfone groups is 1. The van der Waals surface area contributed by atoms with Gasteiger partial charge in [-0.25, -0.2) is 13.2 Å². The minimum atomic E-state index is -3.60. The normalized spacial score (nSPS) is 11.8. The van der Waals surface area contributed by atoms with Gasteiger partial charge >= 0.3 is 5.97 Å². The van der Waals surface area contributed by atoms with Gasteiger partial charge in [-0.3, -0.25) is 4.79 Å². The minimum absolute atomic E-state index is 0.0242. The summed E-state index contributed by atoms with van der Waals surface area (Å²) in [6.07, 6.45) is 13.0. The zero-order valence-corrected chi connectivity index (χ0v) is 22.2. The largest absolute Gasteiger partial charge is 0.490 e. The number of ether oxygens (including phenoxy) is 2. The van der Waals surface area contributed by atoms with Crippen LogP contribution >= 0.6 is 0 Å². The Kier molecular flexibility index (Phi) is 9.93. The fraction of sp³-hybridized carbons (Fsp3) is 0.500. The summed E-state index contributed by atoms with van der Waals surface area (Å²) in [6, 6.07) is 7.14. The fourth-order valence-corrected chi connectivity index (χ4v) is 4.89. The van der Waals surface area contributed by atoms with E-state index in [1.54, 1.807) is 0 Å². The molecule has 0 atom stereocenters. The lowest BCUT2D eigenvalue weighted by atomic mass is 10.1. The highest BCUT2D eigenvalue weighted by molar-refractivity contribution is 7.90. The van der Waals surface area contributed by atoms with Crippen LogP contribution in [-0.2, 0) is 14.6 Å². The number of benzene rings is 2. The molecule has 2 aromatic carbocycles. The lowest BCUT2D eigenvalue weighted by Gasteiger charge is -2.12. The number of carbonyl (C=O) groups excluding carboxylic acids is 1. The Morgan fingerprint density at radius 3 is 2.14 bits per heavy atom. The van der Waals surface area contributed by atoms with Crippen LogP contribution in [-0.4, -0.2) is 34.4 Å². The lowest BCUT2D eigenvalue weighted by Crippen LogP contribution is -2.09. The Morgan fingerprint density at radius 1 is 0.889 bits per heavy atom. The summed E-state index contributed by atoms with van der Waals surface area (Å²) in [7, 11) is -2.35. The van der Waals surface area contributed by atoms with Crippen LogP contribution in [0.3, 0.4) is 0 Å². The maximum Gasteiger partial charge on any atom is 0.337 e. The van der Waals surface area contributed by atoms with E-state index in [1.807, 2.05) is 0 Å². The van der Waals surface area contributed by atoms with Gasteiger partial charge in [0.2, 0.25) is 5.43 Å². The van der Waals surface area contributed by atoms with Crippen LogP contribution < -0.4 is 10.2 Å². The first-order valence-corrected chi connectivity index (χ1v) is 14.6. The predicted octanol–water partition coefficient (Wildman–Crippen LogP) is 6.44. The second kappa shape index (κ2) is 12.9. The molecule has 0 aliphatic carbocycles. The molecule has 0 spiro atoms. The van der Waals surface area contributed by atoms with Gasteiger partial charge in [-0.15, -0.1) is 0 Å². The topological polar surface area (TPSA) is 99.9 Å². The van der Waals surface area contributed by atoms with Crippen LogP contribution in [0.5, 0.6) is 5.75 Å². The highest BCUT2D eigenvalue weighted by Crippen LogP contribution is 2.31. The first-order chi connectivity index (χ1) is 17.3. The van der Waals surface area contributed by atoms with Crippen molar-refractivity contribution in [2.75, 3.05) is 20.0 Å². The number of fused-ring (bicyclic) bond motifs is 2. The van der Waals surface area contributed by atoms with E-state index < -0.39 is 21.2 Å². The lowest BCUT2D eigenvalue weighted by molar-refractivity contribution is 0.0601. The fourth-order valence-electron chi connectivity index (χ4n) is 4.24. The summed E-state index contributed by atoms with van der Waals surface area (Å²) >= 11 is 0. The van der Waals surface area contributed by atoms with Gasteiger partial charge in [0, 0.05) is 12.3 Å². The summed E-state index contributed by atoms with van der Waals surface area (Å²) in [4.78, 5) is 25.2. The molecule has 0 radical (unpaired) electrons. The molecule has 3 aromatic rings. The molecular formula is C28H36O7S. The van der Waals surface area contributed by atoms with Crippen LogP contribution in [0.25, 0.3) is 21.9 Å². The monoisotopic (exact) mass is 516 g/mol. The molecule has 0 aliphatic heterocycles. The molecule has 0 N–H and O–H groups in total. The molecular weight excluding hydrogens is 480 g/mol. The quantitative estimate of drug-likeness (QED) is 0.138. The van der Waals surface area contributed by atoms with Crippen molar-refractivity contribution in [1.29, 1.82) is 0 Å². The molecule has 196 valence electrons. The molecule has 1 aromatic heterocycles. The van der Waals surface area contributed by atoms with E-state index in [0.717, 1.165) is 25.5 Å². The summed E-state index contributed by atoms with van der Waals surface area (Å²) in [5, 5.41) is 0.252.